The Kier molecular flexibility index (Phi) is 6.72. The Morgan fingerprint density at radius 1 is 0.944 bits per heavy atom. The summed E-state index contributed by atoms with van der Waals surface area (Å²) in [5.74, 6) is -1.13. The standard InChI is InChI=1S/C29H28FNO5/c30-20-7-1-5-18(15-20)17-36-21-8-2-6-19(16-21)27-28-22(9-3-11-24(28)32)31(14-13-26(34)35)23-10-4-12-25(33)29(23)27/h1-2,5-8,15-16,27H,3-4,9-14,17H2,(H,34,35). The summed E-state index contributed by atoms with van der Waals surface area (Å²) in [5, 5.41) is 9.32. The summed E-state index contributed by atoms with van der Waals surface area (Å²) in [4.78, 5) is 39.9. The summed E-state index contributed by atoms with van der Waals surface area (Å²) in [6.07, 6.45) is 3.53. The Labute approximate surface area is 209 Å². The second kappa shape index (κ2) is 10.1. The summed E-state index contributed by atoms with van der Waals surface area (Å²) in [7, 11) is 0. The van der Waals surface area contributed by atoms with Crippen LogP contribution >= 0.6 is 0 Å². The minimum Gasteiger partial charge on any atom is -0.489 e. The maximum absolute atomic E-state index is 13.6. The third kappa shape index (κ3) is 4.70. The molecule has 7 heteroatoms. The van der Waals surface area contributed by atoms with Crippen molar-refractivity contribution in [2.45, 2.75) is 57.5 Å². The number of hydrogen-bond acceptors (Lipinski definition) is 5. The van der Waals surface area contributed by atoms with Gasteiger partial charge < -0.3 is 14.7 Å². The van der Waals surface area contributed by atoms with Crippen LogP contribution in [0.4, 0.5) is 4.39 Å². The number of halogens is 1. The van der Waals surface area contributed by atoms with Gasteiger partial charge in [-0.25, -0.2) is 4.39 Å². The molecule has 0 atom stereocenters. The van der Waals surface area contributed by atoms with Gasteiger partial charge in [-0.2, -0.15) is 0 Å². The molecule has 0 saturated heterocycles. The van der Waals surface area contributed by atoms with Gasteiger partial charge in [0.25, 0.3) is 0 Å². The number of carbonyl (C=O) groups excluding carboxylic acids is 2. The lowest BCUT2D eigenvalue weighted by Crippen LogP contribution is -2.39. The van der Waals surface area contributed by atoms with Gasteiger partial charge in [0.2, 0.25) is 0 Å². The molecule has 0 amide bonds. The smallest absolute Gasteiger partial charge is 0.305 e. The van der Waals surface area contributed by atoms with Gasteiger partial charge in [0.05, 0.1) is 6.42 Å². The van der Waals surface area contributed by atoms with Gasteiger partial charge in [0.15, 0.2) is 11.6 Å². The second-order valence-corrected chi connectivity index (χ2v) is 9.49. The number of carboxylic acid groups (broad SMARTS) is 1. The largest absolute Gasteiger partial charge is 0.489 e. The molecular weight excluding hydrogens is 461 g/mol. The highest BCUT2D eigenvalue weighted by atomic mass is 19.1. The first-order valence-corrected chi connectivity index (χ1v) is 12.4. The number of ketones is 2. The molecule has 1 heterocycles. The molecule has 186 valence electrons. The predicted molar refractivity (Wildman–Crippen MR) is 131 cm³/mol. The molecule has 0 spiro atoms. The Morgan fingerprint density at radius 2 is 1.61 bits per heavy atom. The lowest BCUT2D eigenvalue weighted by atomic mass is 9.71. The number of carboxylic acids is 1. The van der Waals surface area contributed by atoms with E-state index in [9.17, 15) is 23.9 Å². The summed E-state index contributed by atoms with van der Waals surface area (Å²) < 4.78 is 19.5. The molecule has 0 fully saturated rings. The molecule has 0 unspecified atom stereocenters. The zero-order valence-electron chi connectivity index (χ0n) is 20.0. The first-order chi connectivity index (χ1) is 17.4. The summed E-state index contributed by atoms with van der Waals surface area (Å²) in [6.45, 7) is 0.436. The van der Waals surface area contributed by atoms with Crippen molar-refractivity contribution in [2.24, 2.45) is 0 Å². The first-order valence-electron chi connectivity index (χ1n) is 12.4. The molecule has 0 bridgehead atoms. The predicted octanol–water partition coefficient (Wildman–Crippen LogP) is 5.29. The van der Waals surface area contributed by atoms with Crippen molar-refractivity contribution in [3.63, 3.8) is 0 Å². The first kappa shape index (κ1) is 24.0. The maximum atomic E-state index is 13.6. The van der Waals surface area contributed by atoms with E-state index in [-0.39, 0.29) is 37.0 Å². The van der Waals surface area contributed by atoms with Crippen molar-refractivity contribution >= 4 is 17.5 Å². The molecule has 2 aromatic carbocycles. The number of hydrogen-bond donors (Lipinski definition) is 1. The molecule has 2 aromatic rings. The van der Waals surface area contributed by atoms with Crippen LogP contribution in [0, 0.1) is 5.82 Å². The van der Waals surface area contributed by atoms with Gasteiger partial charge in [-0.05, 0) is 61.1 Å². The van der Waals surface area contributed by atoms with Gasteiger partial charge in [-0.1, -0.05) is 24.3 Å². The number of rotatable bonds is 7. The van der Waals surface area contributed by atoms with E-state index in [2.05, 4.69) is 0 Å². The van der Waals surface area contributed by atoms with Crippen LogP contribution in [0.15, 0.2) is 71.1 Å². The topological polar surface area (TPSA) is 83.9 Å². The van der Waals surface area contributed by atoms with Gasteiger partial charge in [0, 0.05) is 47.8 Å². The molecule has 0 aromatic heterocycles. The quantitative estimate of drug-likeness (QED) is 0.569. The molecule has 1 aliphatic heterocycles. The molecule has 1 N–H and O–H groups in total. The van der Waals surface area contributed by atoms with Crippen LogP contribution in [-0.2, 0) is 21.0 Å². The number of carbonyl (C=O) groups is 3. The van der Waals surface area contributed by atoms with E-state index in [1.807, 2.05) is 23.1 Å². The lowest BCUT2D eigenvalue weighted by molar-refractivity contribution is -0.137. The highest BCUT2D eigenvalue weighted by molar-refractivity contribution is 6.06. The number of Topliss-reactive ketones (excluding diaryl/α,β-unsaturated/α-hetero) is 2. The molecule has 0 saturated carbocycles. The monoisotopic (exact) mass is 489 g/mol. The van der Waals surface area contributed by atoms with Crippen molar-refractivity contribution in [3.05, 3.63) is 88.0 Å². The number of nitrogens with zero attached hydrogens (tertiary/aromatic N) is 1. The van der Waals surface area contributed by atoms with E-state index >= 15 is 0 Å². The van der Waals surface area contributed by atoms with Crippen LogP contribution in [0.2, 0.25) is 0 Å². The molecule has 0 radical (unpaired) electrons. The van der Waals surface area contributed by atoms with Crippen molar-refractivity contribution in [1.29, 1.82) is 0 Å². The van der Waals surface area contributed by atoms with E-state index in [1.165, 1.54) is 12.1 Å². The third-order valence-electron chi connectivity index (χ3n) is 7.12. The average Bonchev–Trinajstić information content (AvgIpc) is 2.86. The normalized spacial score (nSPS) is 18.3. The van der Waals surface area contributed by atoms with Crippen molar-refractivity contribution < 1.29 is 28.6 Å². The van der Waals surface area contributed by atoms with Gasteiger partial charge >= 0.3 is 5.97 Å². The van der Waals surface area contributed by atoms with Crippen LogP contribution in [0.1, 0.15) is 62.0 Å². The summed E-state index contributed by atoms with van der Waals surface area (Å²) in [6, 6.07) is 13.6. The molecule has 6 nitrogen and oxygen atoms in total. The van der Waals surface area contributed by atoms with Crippen LogP contribution in [-0.4, -0.2) is 34.1 Å². The average molecular weight is 490 g/mol. The van der Waals surface area contributed by atoms with Crippen LogP contribution < -0.4 is 4.74 Å². The van der Waals surface area contributed by atoms with Gasteiger partial charge in [-0.3, -0.25) is 14.4 Å². The molecule has 2 aliphatic carbocycles. The van der Waals surface area contributed by atoms with E-state index in [1.54, 1.807) is 18.2 Å². The van der Waals surface area contributed by atoms with Crippen molar-refractivity contribution in [1.82, 2.24) is 4.90 Å². The zero-order valence-corrected chi connectivity index (χ0v) is 20.0. The highest BCUT2D eigenvalue weighted by Crippen LogP contribution is 2.49. The highest BCUT2D eigenvalue weighted by Gasteiger charge is 2.43. The van der Waals surface area contributed by atoms with E-state index in [4.69, 9.17) is 4.74 Å². The maximum Gasteiger partial charge on any atom is 0.305 e. The van der Waals surface area contributed by atoms with Gasteiger partial charge in [-0.15, -0.1) is 0 Å². The number of allylic oxidation sites excluding steroid dienone is 4. The number of ether oxygens (including phenoxy) is 1. The minimum absolute atomic E-state index is 0.0116. The zero-order chi connectivity index (χ0) is 25.2. The number of benzene rings is 2. The Hall–Kier alpha value is -3.74. The van der Waals surface area contributed by atoms with Crippen molar-refractivity contribution in [2.75, 3.05) is 6.54 Å². The molecule has 3 aliphatic rings. The number of aliphatic carboxylic acids is 1. The summed E-state index contributed by atoms with van der Waals surface area (Å²) >= 11 is 0. The molecule has 36 heavy (non-hydrogen) atoms. The van der Waals surface area contributed by atoms with E-state index < -0.39 is 11.9 Å². The van der Waals surface area contributed by atoms with E-state index in [0.717, 1.165) is 17.0 Å². The Morgan fingerprint density at radius 3 is 2.25 bits per heavy atom. The fourth-order valence-electron chi connectivity index (χ4n) is 5.60. The second-order valence-electron chi connectivity index (χ2n) is 9.49. The summed E-state index contributed by atoms with van der Waals surface area (Å²) in [5.41, 5.74) is 4.45. The van der Waals surface area contributed by atoms with Crippen LogP contribution in [0.5, 0.6) is 5.75 Å². The van der Waals surface area contributed by atoms with Crippen molar-refractivity contribution in [3.8, 4) is 5.75 Å². The van der Waals surface area contributed by atoms with Gasteiger partial charge in [0.1, 0.15) is 18.2 Å². The van der Waals surface area contributed by atoms with Crippen LogP contribution in [0.25, 0.3) is 0 Å². The fourth-order valence-corrected chi connectivity index (χ4v) is 5.60. The van der Waals surface area contributed by atoms with Crippen LogP contribution in [0.3, 0.4) is 0 Å². The van der Waals surface area contributed by atoms with E-state index in [0.29, 0.717) is 61.0 Å². The minimum atomic E-state index is -0.908. The Balaban J connectivity index is 1.54. The molecular formula is C29H28FNO5. The third-order valence-corrected chi connectivity index (χ3v) is 7.12. The fraction of sp³-hybridized carbons (Fsp3) is 0.345. The lowest BCUT2D eigenvalue weighted by Gasteiger charge is -2.44. The Bertz CT molecular complexity index is 1250. The SMILES string of the molecule is O=C(O)CCN1C2=C(C(=O)CCC2)C(c2cccc(OCc3cccc(F)c3)c2)C2=C1CCCC2=O. The molecule has 5 rings (SSSR count).